The summed E-state index contributed by atoms with van der Waals surface area (Å²) < 4.78 is 12.9. The van der Waals surface area contributed by atoms with Crippen LogP contribution in [-0.2, 0) is 5.75 Å². The van der Waals surface area contributed by atoms with Gasteiger partial charge in [-0.1, -0.05) is 6.07 Å². The third-order valence-electron chi connectivity index (χ3n) is 1.44. The van der Waals surface area contributed by atoms with Gasteiger partial charge in [-0.2, -0.15) is 11.8 Å². The zero-order valence-corrected chi connectivity index (χ0v) is 7.12. The zero-order chi connectivity index (χ0) is 8.27. The summed E-state index contributed by atoms with van der Waals surface area (Å²) in [5.74, 6) is 0.428. The first-order chi connectivity index (χ1) is 5.25. The van der Waals surface area contributed by atoms with Crippen molar-refractivity contribution >= 4 is 17.4 Å². The van der Waals surface area contributed by atoms with Crippen molar-refractivity contribution in [2.75, 3.05) is 12.0 Å². The smallest absolute Gasteiger partial charge is 0.129 e. The molecule has 0 aliphatic heterocycles. The second kappa shape index (κ2) is 3.62. The fourth-order valence-corrected chi connectivity index (χ4v) is 1.47. The third-order valence-corrected chi connectivity index (χ3v) is 2.02. The lowest BCUT2D eigenvalue weighted by Crippen LogP contribution is -1.95. The number of halogens is 1. The lowest BCUT2D eigenvalue weighted by atomic mass is 10.2. The van der Waals surface area contributed by atoms with Crippen LogP contribution in [0.1, 0.15) is 5.56 Å². The van der Waals surface area contributed by atoms with E-state index >= 15 is 0 Å². The SMILES string of the molecule is CSCc1c(N)cccc1F. The predicted molar refractivity (Wildman–Crippen MR) is 48.0 cm³/mol. The van der Waals surface area contributed by atoms with Crippen LogP contribution >= 0.6 is 11.8 Å². The average molecular weight is 171 g/mol. The molecule has 0 atom stereocenters. The summed E-state index contributed by atoms with van der Waals surface area (Å²) in [5, 5.41) is 0. The van der Waals surface area contributed by atoms with Gasteiger partial charge < -0.3 is 5.73 Å². The van der Waals surface area contributed by atoms with Crippen LogP contribution in [0.25, 0.3) is 0 Å². The highest BCUT2D eigenvalue weighted by molar-refractivity contribution is 7.97. The number of thioether (sulfide) groups is 1. The van der Waals surface area contributed by atoms with Gasteiger partial charge in [-0.15, -0.1) is 0 Å². The third kappa shape index (κ3) is 1.87. The van der Waals surface area contributed by atoms with Gasteiger partial charge in [-0.05, 0) is 18.4 Å². The van der Waals surface area contributed by atoms with Gasteiger partial charge in [0.2, 0.25) is 0 Å². The predicted octanol–water partition coefficient (Wildman–Crippen LogP) is 2.27. The fourth-order valence-electron chi connectivity index (χ4n) is 0.872. The Morgan fingerprint density at radius 1 is 1.55 bits per heavy atom. The lowest BCUT2D eigenvalue weighted by Gasteiger charge is -2.03. The van der Waals surface area contributed by atoms with Crippen LogP contribution in [0.15, 0.2) is 18.2 Å². The minimum Gasteiger partial charge on any atom is -0.398 e. The molecule has 0 heterocycles. The van der Waals surface area contributed by atoms with Crippen molar-refractivity contribution in [1.29, 1.82) is 0 Å². The molecule has 1 nitrogen and oxygen atoms in total. The Balaban J connectivity index is 3.00. The van der Waals surface area contributed by atoms with Gasteiger partial charge >= 0.3 is 0 Å². The van der Waals surface area contributed by atoms with Crippen molar-refractivity contribution < 1.29 is 4.39 Å². The molecular formula is C8H10FNS. The Morgan fingerprint density at radius 2 is 2.27 bits per heavy atom. The first-order valence-electron chi connectivity index (χ1n) is 3.27. The van der Waals surface area contributed by atoms with E-state index in [0.717, 1.165) is 0 Å². The van der Waals surface area contributed by atoms with Gasteiger partial charge in [-0.3, -0.25) is 0 Å². The van der Waals surface area contributed by atoms with Crippen molar-refractivity contribution in [3.05, 3.63) is 29.6 Å². The van der Waals surface area contributed by atoms with Crippen molar-refractivity contribution in [2.24, 2.45) is 0 Å². The number of rotatable bonds is 2. The molecule has 1 aromatic rings. The van der Waals surface area contributed by atoms with E-state index in [-0.39, 0.29) is 5.82 Å². The second-order valence-corrected chi connectivity index (χ2v) is 3.11. The molecule has 3 heteroatoms. The quantitative estimate of drug-likeness (QED) is 0.691. The van der Waals surface area contributed by atoms with Gasteiger partial charge in [0.15, 0.2) is 0 Å². The Labute approximate surface area is 69.8 Å². The van der Waals surface area contributed by atoms with E-state index in [1.54, 1.807) is 23.9 Å². The summed E-state index contributed by atoms with van der Waals surface area (Å²) in [6, 6.07) is 4.77. The molecule has 0 bridgehead atoms. The van der Waals surface area contributed by atoms with Gasteiger partial charge in [0.05, 0.1) is 0 Å². The molecule has 1 rings (SSSR count). The number of hydrogen-bond acceptors (Lipinski definition) is 2. The maximum atomic E-state index is 12.9. The first-order valence-corrected chi connectivity index (χ1v) is 4.67. The summed E-state index contributed by atoms with van der Waals surface area (Å²) in [6.45, 7) is 0. The number of anilines is 1. The molecule has 0 amide bonds. The lowest BCUT2D eigenvalue weighted by molar-refractivity contribution is 0.618. The molecular weight excluding hydrogens is 161 g/mol. The van der Waals surface area contributed by atoms with Crippen molar-refractivity contribution in [3.8, 4) is 0 Å². The van der Waals surface area contributed by atoms with Gasteiger partial charge in [0.25, 0.3) is 0 Å². The number of hydrogen-bond donors (Lipinski definition) is 1. The zero-order valence-electron chi connectivity index (χ0n) is 6.30. The summed E-state index contributed by atoms with van der Waals surface area (Å²) in [4.78, 5) is 0. The van der Waals surface area contributed by atoms with Crippen molar-refractivity contribution in [1.82, 2.24) is 0 Å². The molecule has 0 aliphatic carbocycles. The molecule has 0 unspecified atom stereocenters. The van der Waals surface area contributed by atoms with Crippen molar-refractivity contribution in [2.45, 2.75) is 5.75 Å². The maximum Gasteiger partial charge on any atom is 0.129 e. The topological polar surface area (TPSA) is 26.0 Å². The maximum absolute atomic E-state index is 12.9. The molecule has 0 saturated carbocycles. The van der Waals surface area contributed by atoms with Crippen LogP contribution in [0.3, 0.4) is 0 Å². The molecule has 0 spiro atoms. The first kappa shape index (κ1) is 8.40. The Morgan fingerprint density at radius 3 is 2.82 bits per heavy atom. The average Bonchev–Trinajstić information content (AvgIpc) is 1.97. The van der Waals surface area contributed by atoms with Gasteiger partial charge in [0.1, 0.15) is 5.82 Å². The number of nitrogens with two attached hydrogens (primary N) is 1. The highest BCUT2D eigenvalue weighted by Crippen LogP contribution is 2.19. The van der Waals surface area contributed by atoms with Crippen molar-refractivity contribution in [3.63, 3.8) is 0 Å². The Bertz CT molecular complexity index is 230. The van der Waals surface area contributed by atoms with E-state index in [1.807, 2.05) is 6.26 Å². The molecule has 60 valence electrons. The van der Waals surface area contributed by atoms with Crippen LogP contribution in [0.2, 0.25) is 0 Å². The molecule has 0 saturated heterocycles. The standard InChI is InChI=1S/C8H10FNS/c1-11-5-6-7(9)3-2-4-8(6)10/h2-4H,5,10H2,1H3. The summed E-state index contributed by atoms with van der Waals surface area (Å²) in [5.41, 5.74) is 6.71. The Hall–Kier alpha value is -0.700. The van der Waals surface area contributed by atoms with Gasteiger partial charge in [0, 0.05) is 17.0 Å². The molecule has 0 aliphatic rings. The monoisotopic (exact) mass is 171 g/mol. The van der Waals surface area contributed by atoms with E-state index in [2.05, 4.69) is 0 Å². The molecule has 11 heavy (non-hydrogen) atoms. The molecule has 2 N–H and O–H groups in total. The molecule has 1 aromatic carbocycles. The highest BCUT2D eigenvalue weighted by atomic mass is 32.2. The van der Waals surface area contributed by atoms with E-state index in [0.29, 0.717) is 17.0 Å². The minimum absolute atomic E-state index is 0.209. The molecule has 0 radical (unpaired) electrons. The van der Waals surface area contributed by atoms with Crippen LogP contribution in [0, 0.1) is 5.82 Å². The van der Waals surface area contributed by atoms with E-state index < -0.39 is 0 Å². The van der Waals surface area contributed by atoms with Crippen LogP contribution in [-0.4, -0.2) is 6.26 Å². The van der Waals surface area contributed by atoms with Crippen LogP contribution in [0.5, 0.6) is 0 Å². The largest absolute Gasteiger partial charge is 0.398 e. The molecule has 0 aromatic heterocycles. The van der Waals surface area contributed by atoms with E-state index in [1.165, 1.54) is 6.07 Å². The number of benzene rings is 1. The van der Waals surface area contributed by atoms with Crippen LogP contribution in [0.4, 0.5) is 10.1 Å². The summed E-state index contributed by atoms with van der Waals surface area (Å²) >= 11 is 1.56. The number of nitrogen functional groups attached to an aromatic ring is 1. The van der Waals surface area contributed by atoms with Crippen LogP contribution < -0.4 is 5.73 Å². The second-order valence-electron chi connectivity index (χ2n) is 2.24. The molecule has 0 fully saturated rings. The van der Waals surface area contributed by atoms with E-state index in [4.69, 9.17) is 5.73 Å². The van der Waals surface area contributed by atoms with Gasteiger partial charge in [-0.25, -0.2) is 4.39 Å². The normalized spacial score (nSPS) is 10.0. The van der Waals surface area contributed by atoms with E-state index in [9.17, 15) is 4.39 Å². The minimum atomic E-state index is -0.209. The highest BCUT2D eigenvalue weighted by Gasteiger charge is 2.03. The summed E-state index contributed by atoms with van der Waals surface area (Å²) in [6.07, 6.45) is 1.92. The summed E-state index contributed by atoms with van der Waals surface area (Å²) in [7, 11) is 0. The Kier molecular flexibility index (Phi) is 2.76. The fraction of sp³-hybridized carbons (Fsp3) is 0.250.